The molecule has 0 aliphatic carbocycles. The number of benzene rings is 1. The normalized spacial score (nSPS) is 12.7. The third kappa shape index (κ3) is 7.20. The van der Waals surface area contributed by atoms with Gasteiger partial charge in [0.15, 0.2) is 0 Å². The van der Waals surface area contributed by atoms with E-state index in [1.807, 2.05) is 11.8 Å². The molecule has 0 saturated carbocycles. The smallest absolute Gasteiger partial charge is 0.118 e. The number of hydrogen-bond acceptors (Lipinski definition) is 3. The van der Waals surface area contributed by atoms with E-state index in [1.54, 1.807) is 7.11 Å². The van der Waals surface area contributed by atoms with Crippen LogP contribution in [0.2, 0.25) is 0 Å². The zero-order valence-electron chi connectivity index (χ0n) is 13.3. The first-order chi connectivity index (χ1) is 9.65. The lowest BCUT2D eigenvalue weighted by atomic mass is 9.96. The summed E-state index contributed by atoms with van der Waals surface area (Å²) in [5.41, 5.74) is 1.41. The van der Waals surface area contributed by atoms with E-state index in [0.29, 0.717) is 12.0 Å². The summed E-state index contributed by atoms with van der Waals surface area (Å²) in [5, 5.41) is 3.58. The van der Waals surface area contributed by atoms with Crippen LogP contribution in [0.5, 0.6) is 5.75 Å². The maximum Gasteiger partial charge on any atom is 0.118 e. The minimum absolute atomic E-state index is 0.562. The molecular weight excluding hydrogens is 266 g/mol. The van der Waals surface area contributed by atoms with Gasteiger partial charge in [-0.2, -0.15) is 11.8 Å². The molecule has 0 heterocycles. The molecule has 0 amide bonds. The molecule has 0 aliphatic heterocycles. The van der Waals surface area contributed by atoms with Crippen LogP contribution in [-0.4, -0.2) is 31.2 Å². The molecule has 1 atom stereocenters. The Morgan fingerprint density at radius 1 is 1.20 bits per heavy atom. The lowest BCUT2D eigenvalue weighted by molar-refractivity contribution is 0.413. The molecule has 0 aromatic heterocycles. The van der Waals surface area contributed by atoms with E-state index in [9.17, 15) is 0 Å². The van der Waals surface area contributed by atoms with Gasteiger partial charge in [-0.1, -0.05) is 32.9 Å². The van der Waals surface area contributed by atoms with Gasteiger partial charge < -0.3 is 10.1 Å². The zero-order chi connectivity index (χ0) is 14.8. The fourth-order valence-electron chi connectivity index (χ4n) is 2.17. The van der Waals surface area contributed by atoms with Crippen LogP contribution in [0, 0.1) is 5.92 Å². The van der Waals surface area contributed by atoms with Crippen molar-refractivity contribution in [3.63, 3.8) is 0 Å². The Labute approximate surface area is 128 Å². The van der Waals surface area contributed by atoms with Crippen molar-refractivity contribution in [3.05, 3.63) is 29.8 Å². The van der Waals surface area contributed by atoms with Crippen LogP contribution in [0.25, 0.3) is 0 Å². The number of thioether (sulfide) groups is 1. The van der Waals surface area contributed by atoms with Crippen LogP contribution in [0.1, 0.15) is 32.8 Å². The molecule has 0 aliphatic rings. The van der Waals surface area contributed by atoms with E-state index < -0.39 is 0 Å². The summed E-state index contributed by atoms with van der Waals surface area (Å²) in [6.07, 6.45) is 2.43. The quantitative estimate of drug-likeness (QED) is 0.659. The van der Waals surface area contributed by atoms with Crippen LogP contribution in [0.15, 0.2) is 24.3 Å². The van der Waals surface area contributed by atoms with Crippen molar-refractivity contribution in [2.24, 2.45) is 5.92 Å². The van der Waals surface area contributed by atoms with Gasteiger partial charge in [0.1, 0.15) is 5.75 Å². The van der Waals surface area contributed by atoms with Gasteiger partial charge in [-0.3, -0.25) is 0 Å². The van der Waals surface area contributed by atoms with Gasteiger partial charge in [0.2, 0.25) is 0 Å². The Kier molecular flexibility index (Phi) is 8.79. The first-order valence-electron chi connectivity index (χ1n) is 7.59. The fourth-order valence-corrected chi connectivity index (χ4v) is 2.96. The number of hydrogen-bond donors (Lipinski definition) is 1. The summed E-state index contributed by atoms with van der Waals surface area (Å²) in [6.45, 7) is 7.76. The average molecular weight is 295 g/mol. The van der Waals surface area contributed by atoms with E-state index in [1.165, 1.54) is 23.5 Å². The van der Waals surface area contributed by atoms with Gasteiger partial charge in [-0.15, -0.1) is 0 Å². The number of ether oxygens (including phenoxy) is 1. The molecule has 1 N–H and O–H groups in total. The third-order valence-corrected chi connectivity index (χ3v) is 4.31. The first-order valence-corrected chi connectivity index (χ1v) is 8.75. The van der Waals surface area contributed by atoms with Crippen molar-refractivity contribution in [2.45, 2.75) is 39.7 Å². The molecule has 1 rings (SSSR count). The Morgan fingerprint density at radius 2 is 1.90 bits per heavy atom. The highest BCUT2D eigenvalue weighted by molar-refractivity contribution is 7.99. The zero-order valence-corrected chi connectivity index (χ0v) is 14.1. The molecule has 1 aromatic carbocycles. The summed E-state index contributed by atoms with van der Waals surface area (Å²) in [5.74, 6) is 4.13. The van der Waals surface area contributed by atoms with Crippen LogP contribution < -0.4 is 10.1 Å². The SMILES string of the molecule is CCSCCC(CNC(C)C)Cc1ccc(OC)cc1. The lowest BCUT2D eigenvalue weighted by Crippen LogP contribution is -2.30. The highest BCUT2D eigenvalue weighted by Gasteiger charge is 2.10. The van der Waals surface area contributed by atoms with Crippen molar-refractivity contribution in [1.82, 2.24) is 5.32 Å². The molecule has 1 unspecified atom stereocenters. The average Bonchev–Trinajstić information content (AvgIpc) is 2.45. The predicted molar refractivity (Wildman–Crippen MR) is 90.9 cm³/mol. The van der Waals surface area contributed by atoms with Crippen molar-refractivity contribution < 1.29 is 4.74 Å². The summed E-state index contributed by atoms with van der Waals surface area (Å²) >= 11 is 2.04. The molecule has 3 heteroatoms. The van der Waals surface area contributed by atoms with Crippen molar-refractivity contribution >= 4 is 11.8 Å². The molecule has 0 radical (unpaired) electrons. The number of rotatable bonds is 10. The van der Waals surface area contributed by atoms with Gasteiger partial charge in [0, 0.05) is 6.04 Å². The maximum absolute atomic E-state index is 5.22. The van der Waals surface area contributed by atoms with Crippen LogP contribution in [0.4, 0.5) is 0 Å². The van der Waals surface area contributed by atoms with Crippen LogP contribution in [0.3, 0.4) is 0 Å². The molecule has 0 spiro atoms. The van der Waals surface area contributed by atoms with E-state index in [-0.39, 0.29) is 0 Å². The van der Waals surface area contributed by atoms with Gasteiger partial charge in [0.05, 0.1) is 7.11 Å². The Morgan fingerprint density at radius 3 is 2.45 bits per heavy atom. The summed E-state index contributed by atoms with van der Waals surface area (Å²) in [4.78, 5) is 0. The Hall–Kier alpha value is -0.670. The van der Waals surface area contributed by atoms with Gasteiger partial charge in [-0.25, -0.2) is 0 Å². The van der Waals surface area contributed by atoms with E-state index >= 15 is 0 Å². The van der Waals surface area contributed by atoms with Crippen molar-refractivity contribution in [2.75, 3.05) is 25.2 Å². The Balaban J connectivity index is 2.51. The molecule has 20 heavy (non-hydrogen) atoms. The highest BCUT2D eigenvalue weighted by Crippen LogP contribution is 2.18. The van der Waals surface area contributed by atoms with Gasteiger partial charge in [0.25, 0.3) is 0 Å². The topological polar surface area (TPSA) is 21.3 Å². The molecular formula is C17H29NOS. The summed E-state index contributed by atoms with van der Waals surface area (Å²) < 4.78 is 5.22. The maximum atomic E-state index is 5.22. The minimum Gasteiger partial charge on any atom is -0.497 e. The predicted octanol–water partition coefficient (Wildman–Crippen LogP) is 4.00. The monoisotopic (exact) mass is 295 g/mol. The molecule has 114 valence electrons. The first kappa shape index (κ1) is 17.4. The minimum atomic E-state index is 0.562. The van der Waals surface area contributed by atoms with Gasteiger partial charge >= 0.3 is 0 Å². The molecule has 0 saturated heterocycles. The van der Waals surface area contributed by atoms with Crippen molar-refractivity contribution in [3.8, 4) is 5.75 Å². The fraction of sp³-hybridized carbons (Fsp3) is 0.647. The molecule has 1 aromatic rings. The van der Waals surface area contributed by atoms with E-state index in [4.69, 9.17) is 4.74 Å². The third-order valence-electron chi connectivity index (χ3n) is 3.37. The standard InChI is InChI=1S/C17H29NOS/c1-5-20-11-10-16(13-18-14(2)3)12-15-6-8-17(19-4)9-7-15/h6-9,14,16,18H,5,10-13H2,1-4H3. The Bertz CT molecular complexity index is 351. The molecule has 0 fully saturated rings. The molecule has 2 nitrogen and oxygen atoms in total. The highest BCUT2D eigenvalue weighted by atomic mass is 32.2. The second-order valence-corrected chi connectivity index (χ2v) is 6.86. The number of nitrogens with one attached hydrogen (secondary N) is 1. The lowest BCUT2D eigenvalue weighted by Gasteiger charge is -2.19. The van der Waals surface area contributed by atoms with Crippen molar-refractivity contribution in [1.29, 1.82) is 0 Å². The van der Waals surface area contributed by atoms with Gasteiger partial charge in [-0.05, 0) is 54.5 Å². The second-order valence-electron chi connectivity index (χ2n) is 5.47. The summed E-state index contributed by atoms with van der Waals surface area (Å²) in [7, 11) is 1.71. The van der Waals surface area contributed by atoms with Crippen LogP contribution >= 0.6 is 11.8 Å². The molecule has 0 bridgehead atoms. The van der Waals surface area contributed by atoms with E-state index in [2.05, 4.69) is 50.4 Å². The second kappa shape index (κ2) is 10.1. The van der Waals surface area contributed by atoms with E-state index in [0.717, 1.165) is 18.7 Å². The largest absolute Gasteiger partial charge is 0.497 e. The van der Waals surface area contributed by atoms with Crippen LogP contribution in [-0.2, 0) is 6.42 Å². The number of methoxy groups -OCH3 is 1. The summed E-state index contributed by atoms with van der Waals surface area (Å²) in [6, 6.07) is 9.06.